The summed E-state index contributed by atoms with van der Waals surface area (Å²) in [5.74, 6) is 0.969. The van der Waals surface area contributed by atoms with E-state index < -0.39 is 6.04 Å². The molecule has 7 heteroatoms. The highest BCUT2D eigenvalue weighted by atomic mass is 16.5. The van der Waals surface area contributed by atoms with E-state index in [1.807, 2.05) is 30.3 Å². The van der Waals surface area contributed by atoms with Gasteiger partial charge in [-0.3, -0.25) is 9.59 Å². The summed E-state index contributed by atoms with van der Waals surface area (Å²) in [7, 11) is 0. The molecule has 2 atom stereocenters. The van der Waals surface area contributed by atoms with Gasteiger partial charge in [0.25, 0.3) is 0 Å². The molecule has 1 aliphatic heterocycles. The van der Waals surface area contributed by atoms with E-state index in [0.717, 1.165) is 18.4 Å². The molecule has 0 bridgehead atoms. The van der Waals surface area contributed by atoms with E-state index in [9.17, 15) is 9.59 Å². The molecular weight excluding hydrogens is 440 g/mol. The number of nitrogens with zero attached hydrogens (tertiary/aromatic N) is 2. The SMILES string of the molecule is CC(=O)N1CC[C@@H](Oc2ccc(NC(=O)[C@H](NCCc3ccc(C)cc3)c3ccccc3)nc2)C1. The van der Waals surface area contributed by atoms with Gasteiger partial charge in [0.1, 0.15) is 23.7 Å². The van der Waals surface area contributed by atoms with E-state index >= 15 is 0 Å². The zero-order valence-corrected chi connectivity index (χ0v) is 20.2. The number of benzene rings is 2. The summed E-state index contributed by atoms with van der Waals surface area (Å²) in [6.45, 7) is 5.60. The van der Waals surface area contributed by atoms with Crippen LogP contribution in [-0.4, -0.2) is 47.4 Å². The standard InChI is InChI=1S/C28H32N4O3/c1-20-8-10-22(11-9-20)14-16-29-27(23-6-4-3-5-7-23)28(34)31-26-13-12-24(18-30-26)35-25-15-17-32(19-25)21(2)33/h3-13,18,25,27,29H,14-17,19H2,1-2H3,(H,30,31,34)/t25-,27-/m1/s1. The molecule has 2 amide bonds. The lowest BCUT2D eigenvalue weighted by Gasteiger charge is -2.19. The van der Waals surface area contributed by atoms with Gasteiger partial charge in [-0.15, -0.1) is 0 Å². The van der Waals surface area contributed by atoms with Gasteiger partial charge in [-0.25, -0.2) is 4.98 Å². The largest absolute Gasteiger partial charge is 0.487 e. The smallest absolute Gasteiger partial charge is 0.247 e. The predicted molar refractivity (Wildman–Crippen MR) is 136 cm³/mol. The van der Waals surface area contributed by atoms with Crippen LogP contribution in [0.3, 0.4) is 0 Å². The summed E-state index contributed by atoms with van der Waals surface area (Å²) in [5, 5.41) is 6.31. The number of aromatic nitrogens is 1. The average Bonchev–Trinajstić information content (AvgIpc) is 3.34. The number of hydrogen-bond acceptors (Lipinski definition) is 5. The number of anilines is 1. The van der Waals surface area contributed by atoms with Crippen molar-refractivity contribution in [3.8, 4) is 5.75 Å². The van der Waals surface area contributed by atoms with Crippen LogP contribution in [0.1, 0.15) is 36.1 Å². The molecular formula is C28H32N4O3. The van der Waals surface area contributed by atoms with Crippen molar-refractivity contribution in [2.24, 2.45) is 0 Å². The van der Waals surface area contributed by atoms with Gasteiger partial charge < -0.3 is 20.3 Å². The Hall–Kier alpha value is -3.71. The minimum Gasteiger partial charge on any atom is -0.487 e. The number of pyridine rings is 1. The summed E-state index contributed by atoms with van der Waals surface area (Å²) < 4.78 is 5.95. The first-order chi connectivity index (χ1) is 17.0. The highest BCUT2D eigenvalue weighted by Crippen LogP contribution is 2.20. The van der Waals surface area contributed by atoms with Crippen LogP contribution in [0.4, 0.5) is 5.82 Å². The Bertz CT molecular complexity index is 1120. The second kappa shape index (κ2) is 11.6. The van der Waals surface area contributed by atoms with E-state index in [-0.39, 0.29) is 17.9 Å². The van der Waals surface area contributed by atoms with Crippen LogP contribution in [-0.2, 0) is 16.0 Å². The van der Waals surface area contributed by atoms with Crippen molar-refractivity contribution in [2.45, 2.75) is 38.8 Å². The lowest BCUT2D eigenvalue weighted by molar-refractivity contribution is -0.128. The van der Waals surface area contributed by atoms with Crippen molar-refractivity contribution >= 4 is 17.6 Å². The number of ether oxygens (including phenoxy) is 1. The summed E-state index contributed by atoms with van der Waals surface area (Å²) in [5.41, 5.74) is 3.35. The van der Waals surface area contributed by atoms with Crippen LogP contribution in [0.2, 0.25) is 0 Å². The minimum absolute atomic E-state index is 0.0404. The van der Waals surface area contributed by atoms with Crippen molar-refractivity contribution < 1.29 is 14.3 Å². The third-order valence-electron chi connectivity index (χ3n) is 6.16. The second-order valence-electron chi connectivity index (χ2n) is 8.90. The van der Waals surface area contributed by atoms with Gasteiger partial charge in [0.05, 0.1) is 12.7 Å². The van der Waals surface area contributed by atoms with Crippen molar-refractivity contribution in [3.63, 3.8) is 0 Å². The monoisotopic (exact) mass is 472 g/mol. The van der Waals surface area contributed by atoms with E-state index in [1.54, 1.807) is 30.2 Å². The fourth-order valence-corrected chi connectivity index (χ4v) is 4.15. The normalized spacial score (nSPS) is 16.1. The Morgan fingerprint density at radius 3 is 2.51 bits per heavy atom. The molecule has 2 N–H and O–H groups in total. The molecule has 2 heterocycles. The Morgan fingerprint density at radius 2 is 1.86 bits per heavy atom. The molecule has 1 saturated heterocycles. The van der Waals surface area contributed by atoms with Gasteiger partial charge in [0.2, 0.25) is 11.8 Å². The number of hydrogen-bond donors (Lipinski definition) is 2. The molecule has 0 radical (unpaired) electrons. The molecule has 1 fully saturated rings. The fraction of sp³-hybridized carbons (Fsp3) is 0.321. The van der Waals surface area contributed by atoms with Crippen LogP contribution in [0.15, 0.2) is 72.9 Å². The topological polar surface area (TPSA) is 83.6 Å². The Labute approximate surface area is 206 Å². The van der Waals surface area contributed by atoms with Crippen molar-refractivity contribution in [1.29, 1.82) is 0 Å². The number of rotatable bonds is 9. The molecule has 1 aromatic heterocycles. The van der Waals surface area contributed by atoms with Gasteiger partial charge in [-0.05, 0) is 36.6 Å². The van der Waals surface area contributed by atoms with Crippen molar-refractivity contribution in [1.82, 2.24) is 15.2 Å². The van der Waals surface area contributed by atoms with Gasteiger partial charge >= 0.3 is 0 Å². The fourth-order valence-electron chi connectivity index (χ4n) is 4.15. The van der Waals surface area contributed by atoms with E-state index in [0.29, 0.717) is 31.2 Å². The highest BCUT2D eigenvalue weighted by Gasteiger charge is 2.26. The van der Waals surface area contributed by atoms with Crippen LogP contribution in [0.25, 0.3) is 0 Å². The first-order valence-corrected chi connectivity index (χ1v) is 12.0. The molecule has 3 aromatic rings. The quantitative estimate of drug-likeness (QED) is 0.494. The number of aryl methyl sites for hydroxylation is 1. The summed E-state index contributed by atoms with van der Waals surface area (Å²) in [6, 6.07) is 21.1. The molecule has 182 valence electrons. The van der Waals surface area contributed by atoms with Gasteiger partial charge in [0.15, 0.2) is 0 Å². The first-order valence-electron chi connectivity index (χ1n) is 12.0. The molecule has 4 rings (SSSR count). The minimum atomic E-state index is -0.504. The third kappa shape index (κ3) is 6.90. The van der Waals surface area contributed by atoms with Crippen LogP contribution >= 0.6 is 0 Å². The molecule has 0 spiro atoms. The first kappa shape index (κ1) is 24.4. The highest BCUT2D eigenvalue weighted by molar-refractivity contribution is 5.94. The summed E-state index contributed by atoms with van der Waals surface area (Å²) in [4.78, 5) is 30.8. The van der Waals surface area contributed by atoms with Gasteiger partial charge in [-0.2, -0.15) is 0 Å². The number of likely N-dealkylation sites (tertiary alicyclic amines) is 1. The average molecular weight is 473 g/mol. The Balaban J connectivity index is 1.35. The molecule has 7 nitrogen and oxygen atoms in total. The molecule has 0 unspecified atom stereocenters. The Morgan fingerprint density at radius 1 is 1.09 bits per heavy atom. The maximum absolute atomic E-state index is 13.2. The lowest BCUT2D eigenvalue weighted by atomic mass is 10.1. The van der Waals surface area contributed by atoms with E-state index in [1.165, 1.54) is 11.1 Å². The molecule has 0 saturated carbocycles. The van der Waals surface area contributed by atoms with Gasteiger partial charge in [0, 0.05) is 26.4 Å². The molecule has 1 aliphatic rings. The number of nitrogens with one attached hydrogen (secondary N) is 2. The third-order valence-corrected chi connectivity index (χ3v) is 6.16. The molecule has 2 aromatic carbocycles. The molecule has 0 aliphatic carbocycles. The Kier molecular flexibility index (Phi) is 8.11. The number of carbonyl (C=O) groups is 2. The van der Waals surface area contributed by atoms with E-state index in [2.05, 4.69) is 46.8 Å². The maximum Gasteiger partial charge on any atom is 0.247 e. The van der Waals surface area contributed by atoms with Gasteiger partial charge in [-0.1, -0.05) is 60.2 Å². The van der Waals surface area contributed by atoms with Crippen molar-refractivity contribution in [2.75, 3.05) is 25.0 Å². The number of amides is 2. The zero-order valence-electron chi connectivity index (χ0n) is 20.2. The van der Waals surface area contributed by atoms with Crippen LogP contribution < -0.4 is 15.4 Å². The second-order valence-corrected chi connectivity index (χ2v) is 8.90. The number of carbonyl (C=O) groups excluding carboxylic acids is 2. The van der Waals surface area contributed by atoms with E-state index in [4.69, 9.17) is 4.74 Å². The zero-order chi connectivity index (χ0) is 24.6. The van der Waals surface area contributed by atoms with Crippen LogP contribution in [0.5, 0.6) is 5.75 Å². The van der Waals surface area contributed by atoms with Crippen LogP contribution in [0, 0.1) is 6.92 Å². The maximum atomic E-state index is 13.2. The predicted octanol–water partition coefficient (Wildman–Crippen LogP) is 3.90. The summed E-state index contributed by atoms with van der Waals surface area (Å²) in [6.07, 6.45) is 3.18. The summed E-state index contributed by atoms with van der Waals surface area (Å²) >= 11 is 0. The lowest BCUT2D eigenvalue weighted by Crippen LogP contribution is -2.34. The van der Waals surface area contributed by atoms with Crippen molar-refractivity contribution in [3.05, 3.63) is 89.6 Å². The molecule has 35 heavy (non-hydrogen) atoms.